The number of aromatic nitrogens is 5. The second-order valence-electron chi connectivity index (χ2n) is 11.4. The number of imidazole rings is 1. The Labute approximate surface area is 282 Å². The first-order chi connectivity index (χ1) is 23.4. The molecule has 0 aliphatic carbocycles. The largest absolute Gasteiger partial charge is 0.437 e. The predicted molar refractivity (Wildman–Crippen MR) is 169 cm³/mol. The van der Waals surface area contributed by atoms with Crippen LogP contribution >= 0.6 is 11.6 Å². The van der Waals surface area contributed by atoms with E-state index in [0.717, 1.165) is 13.0 Å². The van der Waals surface area contributed by atoms with Gasteiger partial charge in [-0.2, -0.15) is 18.3 Å². The summed E-state index contributed by atoms with van der Waals surface area (Å²) in [6, 6.07) is 4.69. The highest BCUT2D eigenvalue weighted by Gasteiger charge is 2.39. The first-order valence-corrected chi connectivity index (χ1v) is 15.6. The summed E-state index contributed by atoms with van der Waals surface area (Å²) in [7, 11) is 1.45. The van der Waals surface area contributed by atoms with E-state index in [1.54, 1.807) is 6.07 Å². The number of hydrogen-bond acceptors (Lipinski definition) is 11. The van der Waals surface area contributed by atoms with E-state index in [1.165, 1.54) is 58.0 Å². The smallest absolute Gasteiger partial charge is 0.435 e. The SMILES string of the molecule is COCCn1cc(-c2cnc3c(Nc4ccc(C(=O)N5CCN([C@@H]6CCNC6)C(OC(=O)C(N)=O)C5)c(Cl)c4)nccn23)c(C(F)(F)F)n1. The minimum Gasteiger partial charge on any atom is -0.437 e. The molecule has 4 N–H and O–H groups in total. The van der Waals surface area contributed by atoms with Crippen LogP contribution in [0.2, 0.25) is 5.02 Å². The van der Waals surface area contributed by atoms with Gasteiger partial charge in [0.05, 0.1) is 47.7 Å². The molecule has 3 aromatic heterocycles. The molecule has 49 heavy (non-hydrogen) atoms. The fourth-order valence-electron chi connectivity index (χ4n) is 5.97. The van der Waals surface area contributed by atoms with Crippen molar-refractivity contribution < 1.29 is 37.0 Å². The lowest BCUT2D eigenvalue weighted by Gasteiger charge is -2.43. The highest BCUT2D eigenvalue weighted by Crippen LogP contribution is 2.37. The number of nitrogens with two attached hydrogens (primary N) is 1. The van der Waals surface area contributed by atoms with Crippen LogP contribution in [0.1, 0.15) is 22.5 Å². The number of halogens is 4. The van der Waals surface area contributed by atoms with Crippen LogP contribution in [0.15, 0.2) is 43.0 Å². The van der Waals surface area contributed by atoms with Crippen molar-refractivity contribution in [1.29, 1.82) is 0 Å². The van der Waals surface area contributed by atoms with Gasteiger partial charge in [-0.05, 0) is 31.2 Å². The van der Waals surface area contributed by atoms with Gasteiger partial charge in [-0.25, -0.2) is 14.8 Å². The Morgan fingerprint density at radius 1 is 1.20 bits per heavy atom. The second-order valence-corrected chi connectivity index (χ2v) is 11.8. The number of primary amides is 1. The van der Waals surface area contributed by atoms with Crippen LogP contribution < -0.4 is 16.4 Å². The zero-order valence-electron chi connectivity index (χ0n) is 26.1. The fourth-order valence-corrected chi connectivity index (χ4v) is 6.24. The van der Waals surface area contributed by atoms with Gasteiger partial charge in [0.15, 0.2) is 23.4 Å². The molecule has 2 atom stereocenters. The summed E-state index contributed by atoms with van der Waals surface area (Å²) in [4.78, 5) is 49.2. The zero-order chi connectivity index (χ0) is 34.9. The van der Waals surface area contributed by atoms with Gasteiger partial charge >= 0.3 is 18.1 Å². The van der Waals surface area contributed by atoms with E-state index in [2.05, 4.69) is 25.7 Å². The molecule has 2 fully saturated rings. The molecule has 2 aliphatic rings. The van der Waals surface area contributed by atoms with E-state index in [9.17, 15) is 27.6 Å². The Kier molecular flexibility index (Phi) is 9.73. The quantitative estimate of drug-likeness (QED) is 0.172. The number of carbonyl (C=O) groups is 3. The Morgan fingerprint density at radius 2 is 2.02 bits per heavy atom. The lowest BCUT2D eigenvalue weighted by molar-refractivity contribution is -0.171. The van der Waals surface area contributed by atoms with Crippen LogP contribution in [0.5, 0.6) is 0 Å². The average molecular weight is 705 g/mol. The topological polar surface area (TPSA) is 174 Å². The molecule has 5 heterocycles. The van der Waals surface area contributed by atoms with E-state index >= 15 is 0 Å². The van der Waals surface area contributed by atoms with Crippen molar-refractivity contribution in [3.63, 3.8) is 0 Å². The molecule has 260 valence electrons. The van der Waals surface area contributed by atoms with Gasteiger partial charge in [0.1, 0.15) is 0 Å². The molecule has 2 aliphatic heterocycles. The minimum atomic E-state index is -4.71. The maximum Gasteiger partial charge on any atom is 0.435 e. The van der Waals surface area contributed by atoms with Gasteiger partial charge in [-0.1, -0.05) is 11.6 Å². The van der Waals surface area contributed by atoms with Crippen LogP contribution in [-0.2, 0) is 31.8 Å². The van der Waals surface area contributed by atoms with Gasteiger partial charge in [0, 0.05) is 57.1 Å². The van der Waals surface area contributed by atoms with Gasteiger partial charge < -0.3 is 30.7 Å². The number of amides is 2. The highest BCUT2D eigenvalue weighted by molar-refractivity contribution is 6.34. The molecule has 0 saturated carbocycles. The summed E-state index contributed by atoms with van der Waals surface area (Å²) < 4.78 is 54.8. The zero-order valence-corrected chi connectivity index (χ0v) is 26.9. The molecule has 4 aromatic rings. The van der Waals surface area contributed by atoms with Crippen molar-refractivity contribution in [3.8, 4) is 11.3 Å². The van der Waals surface area contributed by atoms with Crippen LogP contribution in [0.25, 0.3) is 16.9 Å². The van der Waals surface area contributed by atoms with Crippen molar-refractivity contribution in [1.82, 2.24) is 39.3 Å². The summed E-state index contributed by atoms with van der Waals surface area (Å²) in [5.74, 6) is -2.60. The minimum absolute atomic E-state index is 0.000153. The molecule has 2 saturated heterocycles. The van der Waals surface area contributed by atoms with Crippen molar-refractivity contribution in [2.24, 2.45) is 5.73 Å². The molecule has 0 bridgehead atoms. The molecule has 19 heteroatoms. The molecular formula is C30H32ClF3N10O5. The lowest BCUT2D eigenvalue weighted by Crippen LogP contribution is -2.60. The van der Waals surface area contributed by atoms with Crippen LogP contribution in [0, 0.1) is 0 Å². The number of benzene rings is 1. The number of alkyl halides is 3. The van der Waals surface area contributed by atoms with Crippen molar-refractivity contribution in [2.45, 2.75) is 31.4 Å². The lowest BCUT2D eigenvalue weighted by atomic mass is 10.1. The monoisotopic (exact) mass is 704 g/mol. The summed E-state index contributed by atoms with van der Waals surface area (Å²) in [6.45, 7) is 2.50. The Morgan fingerprint density at radius 3 is 2.71 bits per heavy atom. The summed E-state index contributed by atoms with van der Waals surface area (Å²) in [6.07, 6.45) is 0.727. The third kappa shape index (κ3) is 7.17. The van der Waals surface area contributed by atoms with Crippen LogP contribution in [-0.4, -0.2) is 110 Å². The van der Waals surface area contributed by atoms with E-state index in [1.807, 2.05) is 4.90 Å². The van der Waals surface area contributed by atoms with Crippen molar-refractivity contribution in [2.75, 3.05) is 51.8 Å². The van der Waals surface area contributed by atoms with Crippen molar-refractivity contribution >= 4 is 46.5 Å². The first-order valence-electron chi connectivity index (χ1n) is 15.2. The number of rotatable bonds is 9. The number of methoxy groups -OCH3 is 1. The van der Waals surface area contributed by atoms with E-state index in [-0.39, 0.29) is 59.0 Å². The Balaban J connectivity index is 1.21. The Bertz CT molecular complexity index is 1880. The maximum absolute atomic E-state index is 13.9. The molecular weight excluding hydrogens is 673 g/mol. The number of piperazine rings is 1. The van der Waals surface area contributed by atoms with Gasteiger partial charge in [0.25, 0.3) is 5.91 Å². The third-order valence-corrected chi connectivity index (χ3v) is 8.64. The molecule has 0 spiro atoms. The number of nitrogens with one attached hydrogen (secondary N) is 2. The van der Waals surface area contributed by atoms with E-state index < -0.39 is 35.9 Å². The van der Waals surface area contributed by atoms with Gasteiger partial charge in [-0.15, -0.1) is 0 Å². The van der Waals surface area contributed by atoms with E-state index in [4.69, 9.17) is 26.8 Å². The maximum atomic E-state index is 13.9. The third-order valence-electron chi connectivity index (χ3n) is 8.33. The second kappa shape index (κ2) is 14.0. The van der Waals surface area contributed by atoms with Crippen molar-refractivity contribution in [3.05, 3.63) is 59.3 Å². The van der Waals surface area contributed by atoms with Gasteiger partial charge in [-0.3, -0.25) is 23.6 Å². The number of fused-ring (bicyclic) bond motifs is 1. The predicted octanol–water partition coefficient (Wildman–Crippen LogP) is 2.13. The fraction of sp³-hybridized carbons (Fsp3) is 0.400. The molecule has 6 rings (SSSR count). The van der Waals surface area contributed by atoms with Gasteiger partial charge in [0.2, 0.25) is 0 Å². The number of anilines is 2. The number of nitrogens with zero attached hydrogens (tertiary/aromatic N) is 7. The molecule has 0 radical (unpaired) electrons. The summed E-state index contributed by atoms with van der Waals surface area (Å²) in [5, 5.41) is 10.2. The van der Waals surface area contributed by atoms with Crippen LogP contribution in [0.3, 0.4) is 0 Å². The van der Waals surface area contributed by atoms with Crippen LogP contribution in [0.4, 0.5) is 24.7 Å². The number of carbonyl (C=O) groups excluding carboxylic acids is 3. The molecule has 1 unspecified atom stereocenters. The molecule has 1 aromatic carbocycles. The summed E-state index contributed by atoms with van der Waals surface area (Å²) >= 11 is 6.59. The number of ether oxygens (including phenoxy) is 2. The number of hydrogen-bond donors (Lipinski definition) is 3. The highest BCUT2D eigenvalue weighted by atomic mass is 35.5. The molecule has 2 amide bonds. The van der Waals surface area contributed by atoms with E-state index in [0.29, 0.717) is 25.3 Å². The standard InChI is InChI=1S/C30H32ClF3N10O5/c1-48-11-10-42-15-20(24(40-42)30(32,33)34)22-14-38-27-26(37-6-7-44(22)27)39-17-2-3-19(21(31)12-17)28(46)41-8-9-43(18-4-5-36-13-18)23(16-41)49-29(47)25(35)45/h2-3,6-7,12,14-15,18,23,36H,4-5,8-11,13,16H2,1H3,(H2,35,45)(H,37,39)/t18-,23?/m1/s1. The molecule has 15 nitrogen and oxygen atoms in total. The first kappa shape index (κ1) is 34.1. The Hall–Kier alpha value is -4.78. The average Bonchev–Trinajstić information content (AvgIpc) is 3.84. The number of esters is 1. The normalized spacial score (nSPS) is 18.6. The summed E-state index contributed by atoms with van der Waals surface area (Å²) in [5.41, 5.74) is 4.90.